The van der Waals surface area contributed by atoms with Crippen molar-refractivity contribution in [2.24, 2.45) is 0 Å². The quantitative estimate of drug-likeness (QED) is 0.643. The van der Waals surface area contributed by atoms with Gasteiger partial charge in [-0.05, 0) is 39.1 Å². The van der Waals surface area contributed by atoms with E-state index in [1.165, 1.54) is 4.88 Å². The van der Waals surface area contributed by atoms with Crippen LogP contribution >= 0.6 is 11.3 Å². The van der Waals surface area contributed by atoms with Crippen molar-refractivity contribution >= 4 is 11.3 Å². The lowest BCUT2D eigenvalue weighted by Crippen LogP contribution is -2.39. The summed E-state index contributed by atoms with van der Waals surface area (Å²) in [6.07, 6.45) is -0.123. The van der Waals surface area contributed by atoms with Crippen LogP contribution in [-0.4, -0.2) is 37.0 Å². The summed E-state index contributed by atoms with van der Waals surface area (Å²) >= 11 is 1.80. The summed E-state index contributed by atoms with van der Waals surface area (Å²) in [6, 6.07) is 4.76. The highest BCUT2D eigenvalue weighted by Crippen LogP contribution is 2.15. The molecule has 0 unspecified atom stereocenters. The van der Waals surface area contributed by atoms with Gasteiger partial charge in [-0.2, -0.15) is 0 Å². The van der Waals surface area contributed by atoms with E-state index in [2.05, 4.69) is 36.3 Å². The molecule has 0 saturated carbocycles. The third-order valence-corrected chi connectivity index (χ3v) is 3.62. The molecule has 1 aromatic rings. The maximum Gasteiger partial charge on any atom is 0.170 e. The van der Waals surface area contributed by atoms with E-state index in [0.29, 0.717) is 19.3 Å². The van der Waals surface area contributed by atoms with Crippen molar-refractivity contribution in [3.8, 4) is 0 Å². The SMILES string of the molecule is CCOC(CN(Cc1cccs1)C(C)C)OCC. The van der Waals surface area contributed by atoms with Crippen molar-refractivity contribution in [2.75, 3.05) is 19.8 Å². The number of thiophene rings is 1. The molecule has 0 radical (unpaired) electrons. The summed E-state index contributed by atoms with van der Waals surface area (Å²) in [5.74, 6) is 0. The summed E-state index contributed by atoms with van der Waals surface area (Å²) in [7, 11) is 0. The van der Waals surface area contributed by atoms with Crippen LogP contribution in [0.5, 0.6) is 0 Å². The largest absolute Gasteiger partial charge is 0.352 e. The van der Waals surface area contributed by atoms with Gasteiger partial charge in [0, 0.05) is 30.7 Å². The van der Waals surface area contributed by atoms with Gasteiger partial charge >= 0.3 is 0 Å². The van der Waals surface area contributed by atoms with E-state index in [4.69, 9.17) is 9.47 Å². The molecule has 1 aromatic heterocycles. The monoisotopic (exact) mass is 271 g/mol. The van der Waals surface area contributed by atoms with Gasteiger partial charge in [-0.25, -0.2) is 0 Å². The van der Waals surface area contributed by atoms with Crippen molar-refractivity contribution in [3.63, 3.8) is 0 Å². The van der Waals surface area contributed by atoms with Crippen LogP contribution in [0.2, 0.25) is 0 Å². The first-order valence-corrected chi connectivity index (χ1v) is 7.54. The highest BCUT2D eigenvalue weighted by Gasteiger charge is 2.17. The number of rotatable bonds is 9. The number of ether oxygens (including phenoxy) is 2. The molecule has 0 aliphatic carbocycles. The topological polar surface area (TPSA) is 21.7 Å². The summed E-state index contributed by atoms with van der Waals surface area (Å²) < 4.78 is 11.2. The van der Waals surface area contributed by atoms with Gasteiger partial charge in [0.1, 0.15) is 0 Å². The van der Waals surface area contributed by atoms with E-state index in [0.717, 1.165) is 13.1 Å². The van der Waals surface area contributed by atoms with E-state index in [1.807, 2.05) is 13.8 Å². The van der Waals surface area contributed by atoms with Gasteiger partial charge in [-0.1, -0.05) is 6.07 Å². The van der Waals surface area contributed by atoms with E-state index in [1.54, 1.807) is 11.3 Å². The van der Waals surface area contributed by atoms with Crippen LogP contribution in [0.3, 0.4) is 0 Å². The molecule has 18 heavy (non-hydrogen) atoms. The molecular formula is C14H25NO2S. The fourth-order valence-electron chi connectivity index (χ4n) is 1.78. The summed E-state index contributed by atoms with van der Waals surface area (Å²) in [6.45, 7) is 11.6. The summed E-state index contributed by atoms with van der Waals surface area (Å²) in [5.41, 5.74) is 0. The van der Waals surface area contributed by atoms with Crippen LogP contribution in [-0.2, 0) is 16.0 Å². The normalized spacial score (nSPS) is 11.9. The Labute approximate surface area is 115 Å². The van der Waals surface area contributed by atoms with Gasteiger partial charge < -0.3 is 9.47 Å². The standard InChI is InChI=1S/C14H25NO2S/c1-5-16-14(17-6-2)11-15(12(3)4)10-13-8-7-9-18-13/h7-9,12,14H,5-6,10-11H2,1-4H3. The van der Waals surface area contributed by atoms with Gasteiger partial charge in [0.05, 0.1) is 6.54 Å². The van der Waals surface area contributed by atoms with E-state index >= 15 is 0 Å². The Kier molecular flexibility index (Phi) is 7.51. The molecule has 0 fully saturated rings. The van der Waals surface area contributed by atoms with Crippen LogP contribution in [0, 0.1) is 0 Å². The zero-order valence-electron chi connectivity index (χ0n) is 11.9. The molecule has 3 nitrogen and oxygen atoms in total. The van der Waals surface area contributed by atoms with Crippen molar-refractivity contribution < 1.29 is 9.47 Å². The predicted octanol–water partition coefficient (Wildman–Crippen LogP) is 3.36. The van der Waals surface area contributed by atoms with E-state index in [-0.39, 0.29) is 6.29 Å². The Balaban J connectivity index is 2.54. The summed E-state index contributed by atoms with van der Waals surface area (Å²) in [5, 5.41) is 2.12. The molecule has 1 rings (SSSR count). The molecule has 0 aliphatic heterocycles. The lowest BCUT2D eigenvalue weighted by molar-refractivity contribution is -0.150. The van der Waals surface area contributed by atoms with Gasteiger partial charge in [0.15, 0.2) is 6.29 Å². The van der Waals surface area contributed by atoms with E-state index in [9.17, 15) is 0 Å². The Morgan fingerprint density at radius 3 is 2.33 bits per heavy atom. The molecule has 0 amide bonds. The smallest absolute Gasteiger partial charge is 0.170 e. The molecule has 0 atom stereocenters. The molecule has 0 bridgehead atoms. The molecule has 0 saturated heterocycles. The lowest BCUT2D eigenvalue weighted by atomic mass is 10.3. The van der Waals surface area contributed by atoms with Crippen LogP contribution < -0.4 is 0 Å². The molecular weight excluding hydrogens is 246 g/mol. The highest BCUT2D eigenvalue weighted by atomic mass is 32.1. The third kappa shape index (κ3) is 5.48. The number of nitrogens with zero attached hydrogens (tertiary/aromatic N) is 1. The van der Waals surface area contributed by atoms with Crippen molar-refractivity contribution in [1.29, 1.82) is 0 Å². The van der Waals surface area contributed by atoms with Gasteiger partial charge in [0.25, 0.3) is 0 Å². The molecule has 104 valence electrons. The van der Waals surface area contributed by atoms with Gasteiger partial charge in [-0.3, -0.25) is 4.90 Å². The van der Waals surface area contributed by atoms with Crippen LogP contribution in [0.4, 0.5) is 0 Å². The average Bonchev–Trinajstić information content (AvgIpc) is 2.81. The minimum absolute atomic E-state index is 0.123. The second-order valence-electron chi connectivity index (χ2n) is 4.44. The van der Waals surface area contributed by atoms with Crippen LogP contribution in [0.25, 0.3) is 0 Å². The number of hydrogen-bond donors (Lipinski definition) is 0. The molecule has 0 spiro atoms. The van der Waals surface area contributed by atoms with Gasteiger partial charge in [0.2, 0.25) is 0 Å². The van der Waals surface area contributed by atoms with E-state index < -0.39 is 0 Å². The first-order valence-electron chi connectivity index (χ1n) is 6.67. The maximum absolute atomic E-state index is 5.62. The Bertz CT molecular complexity index is 295. The van der Waals surface area contributed by atoms with Crippen molar-refractivity contribution in [2.45, 2.75) is 46.6 Å². The molecule has 0 N–H and O–H groups in total. The summed E-state index contributed by atoms with van der Waals surface area (Å²) in [4.78, 5) is 3.78. The van der Waals surface area contributed by atoms with Crippen molar-refractivity contribution in [1.82, 2.24) is 4.90 Å². The van der Waals surface area contributed by atoms with Crippen LogP contribution in [0.1, 0.15) is 32.6 Å². The minimum Gasteiger partial charge on any atom is -0.352 e. The molecule has 0 aromatic carbocycles. The average molecular weight is 271 g/mol. The molecule has 4 heteroatoms. The van der Waals surface area contributed by atoms with Gasteiger partial charge in [-0.15, -0.1) is 11.3 Å². The molecule has 0 aliphatic rings. The first-order chi connectivity index (χ1) is 8.67. The number of hydrogen-bond acceptors (Lipinski definition) is 4. The zero-order chi connectivity index (χ0) is 13.4. The maximum atomic E-state index is 5.62. The fraction of sp³-hybridized carbons (Fsp3) is 0.714. The Morgan fingerprint density at radius 1 is 1.22 bits per heavy atom. The first kappa shape index (κ1) is 15.6. The predicted molar refractivity (Wildman–Crippen MR) is 76.9 cm³/mol. The Morgan fingerprint density at radius 2 is 1.89 bits per heavy atom. The highest BCUT2D eigenvalue weighted by molar-refractivity contribution is 7.09. The lowest BCUT2D eigenvalue weighted by Gasteiger charge is -2.29. The fourth-order valence-corrected chi connectivity index (χ4v) is 2.51. The zero-order valence-corrected chi connectivity index (χ0v) is 12.7. The second-order valence-corrected chi connectivity index (χ2v) is 5.48. The molecule has 1 heterocycles. The minimum atomic E-state index is -0.123. The Hall–Kier alpha value is -0.420. The third-order valence-electron chi connectivity index (χ3n) is 2.76. The second kappa shape index (κ2) is 8.64. The van der Waals surface area contributed by atoms with Crippen molar-refractivity contribution in [3.05, 3.63) is 22.4 Å². The van der Waals surface area contributed by atoms with Crippen LogP contribution in [0.15, 0.2) is 17.5 Å².